The van der Waals surface area contributed by atoms with Gasteiger partial charge in [-0.15, -0.1) is 5.10 Å². The molecule has 3 aromatic carbocycles. The van der Waals surface area contributed by atoms with Gasteiger partial charge < -0.3 is 0 Å². The predicted octanol–water partition coefficient (Wildman–Crippen LogP) is 5.13. The lowest BCUT2D eigenvalue weighted by atomic mass is 10.1. The highest BCUT2D eigenvalue weighted by atomic mass is 15.3. The van der Waals surface area contributed by atoms with Crippen LogP contribution < -0.4 is 4.57 Å². The Morgan fingerprint density at radius 1 is 0.700 bits per heavy atom. The second-order valence-corrected chi connectivity index (χ2v) is 7.31. The van der Waals surface area contributed by atoms with Gasteiger partial charge in [0.1, 0.15) is 17.1 Å². The van der Waals surface area contributed by atoms with Crippen LogP contribution in [0.5, 0.6) is 0 Å². The molecule has 146 valence electrons. The number of imidazole rings is 1. The van der Waals surface area contributed by atoms with Gasteiger partial charge >= 0.3 is 0 Å². The standard InChI is InChI=1S/C26H23N4/c1-20-25(21-12-6-3-7-13-21)30(23-16-10-5-11-17-23)26(22-14-8-4-9-15-22)29(20)24-18-19-27-28(24)2/h3-19H,1-2H3/q+1. The van der Waals surface area contributed by atoms with Gasteiger partial charge in [-0.05, 0) is 31.2 Å². The van der Waals surface area contributed by atoms with E-state index in [2.05, 4.69) is 118 Å². The molecule has 4 nitrogen and oxygen atoms in total. The quantitative estimate of drug-likeness (QED) is 0.390. The van der Waals surface area contributed by atoms with Gasteiger partial charge in [0.15, 0.2) is 0 Å². The molecule has 0 saturated heterocycles. The SMILES string of the molecule is Cc1c(-c2ccccc2)n(-c2ccccc2)c(-c2ccccc2)[n+]1-c1ccnn1C. The van der Waals surface area contributed by atoms with E-state index in [0.29, 0.717) is 0 Å². The molecule has 30 heavy (non-hydrogen) atoms. The fraction of sp³-hybridized carbons (Fsp3) is 0.0769. The Balaban J connectivity index is 1.96. The summed E-state index contributed by atoms with van der Waals surface area (Å²) in [5, 5.41) is 4.44. The lowest BCUT2D eigenvalue weighted by Crippen LogP contribution is -2.37. The second-order valence-electron chi connectivity index (χ2n) is 7.31. The molecule has 0 radical (unpaired) electrons. The summed E-state index contributed by atoms with van der Waals surface area (Å²) >= 11 is 0. The average molecular weight is 391 g/mol. The number of rotatable bonds is 4. The van der Waals surface area contributed by atoms with Crippen LogP contribution >= 0.6 is 0 Å². The van der Waals surface area contributed by atoms with Crippen molar-refractivity contribution >= 4 is 0 Å². The summed E-state index contributed by atoms with van der Waals surface area (Å²) < 4.78 is 6.58. The summed E-state index contributed by atoms with van der Waals surface area (Å²) in [5.74, 6) is 2.12. The van der Waals surface area contributed by atoms with Gasteiger partial charge in [-0.1, -0.05) is 66.7 Å². The minimum Gasteiger partial charge on any atom is -0.222 e. The topological polar surface area (TPSA) is 26.6 Å². The van der Waals surface area contributed by atoms with Gasteiger partial charge in [-0.25, -0.2) is 4.57 Å². The third-order valence-electron chi connectivity index (χ3n) is 5.44. The minimum absolute atomic E-state index is 1.03. The van der Waals surface area contributed by atoms with Gasteiger partial charge in [0, 0.05) is 17.2 Å². The van der Waals surface area contributed by atoms with Crippen molar-refractivity contribution in [1.29, 1.82) is 0 Å². The summed E-state index contributed by atoms with van der Waals surface area (Å²) in [7, 11) is 1.98. The first kappa shape index (κ1) is 18.1. The van der Waals surface area contributed by atoms with E-state index in [-0.39, 0.29) is 0 Å². The number of nitrogens with zero attached hydrogens (tertiary/aromatic N) is 4. The van der Waals surface area contributed by atoms with Crippen LogP contribution in [-0.4, -0.2) is 14.3 Å². The van der Waals surface area contributed by atoms with E-state index in [9.17, 15) is 0 Å². The van der Waals surface area contributed by atoms with E-state index in [0.717, 1.165) is 28.6 Å². The van der Waals surface area contributed by atoms with Crippen molar-refractivity contribution in [1.82, 2.24) is 14.3 Å². The van der Waals surface area contributed by atoms with Gasteiger partial charge in [0.25, 0.3) is 5.82 Å². The molecule has 4 heteroatoms. The van der Waals surface area contributed by atoms with Crippen LogP contribution in [0.1, 0.15) is 5.69 Å². The maximum absolute atomic E-state index is 4.44. The zero-order valence-electron chi connectivity index (χ0n) is 17.1. The molecule has 2 aromatic heterocycles. The molecule has 0 fully saturated rings. The van der Waals surface area contributed by atoms with E-state index in [1.54, 1.807) is 0 Å². The van der Waals surface area contributed by atoms with Gasteiger partial charge in [0.2, 0.25) is 5.82 Å². The van der Waals surface area contributed by atoms with Crippen molar-refractivity contribution in [2.75, 3.05) is 0 Å². The van der Waals surface area contributed by atoms with Crippen molar-refractivity contribution in [2.24, 2.45) is 7.05 Å². The molecule has 0 bridgehead atoms. The fourth-order valence-electron chi connectivity index (χ4n) is 4.11. The molecule has 0 unspecified atom stereocenters. The molecule has 0 aliphatic heterocycles. The molecule has 5 aromatic rings. The number of hydrogen-bond donors (Lipinski definition) is 0. The first-order valence-electron chi connectivity index (χ1n) is 10.1. The van der Waals surface area contributed by atoms with Crippen molar-refractivity contribution in [3.05, 3.63) is 109 Å². The van der Waals surface area contributed by atoms with Crippen LogP contribution in [0.25, 0.3) is 34.2 Å². The Hall–Kier alpha value is -3.92. The molecule has 0 aliphatic carbocycles. The van der Waals surface area contributed by atoms with E-state index in [4.69, 9.17) is 0 Å². The number of para-hydroxylation sites is 1. The Labute approximate surface area is 176 Å². The lowest BCUT2D eigenvalue weighted by molar-refractivity contribution is -0.595. The number of aryl methyl sites for hydroxylation is 1. The van der Waals surface area contributed by atoms with Crippen LogP contribution in [0, 0.1) is 6.92 Å². The maximum Gasteiger partial charge on any atom is 0.253 e. The summed E-state index contributed by atoms with van der Waals surface area (Å²) in [6.07, 6.45) is 1.85. The van der Waals surface area contributed by atoms with Crippen molar-refractivity contribution in [3.8, 4) is 34.2 Å². The van der Waals surface area contributed by atoms with Crippen LogP contribution in [0.3, 0.4) is 0 Å². The number of benzene rings is 3. The summed E-state index contributed by atoms with van der Waals surface area (Å²) in [6, 6.07) is 33.7. The first-order chi connectivity index (χ1) is 14.8. The van der Waals surface area contributed by atoms with Crippen LogP contribution in [0.4, 0.5) is 0 Å². The zero-order valence-corrected chi connectivity index (χ0v) is 17.1. The van der Waals surface area contributed by atoms with Crippen LogP contribution in [0.15, 0.2) is 103 Å². The van der Waals surface area contributed by atoms with E-state index in [1.165, 1.54) is 11.3 Å². The number of hydrogen-bond acceptors (Lipinski definition) is 1. The van der Waals surface area contributed by atoms with Crippen LogP contribution in [-0.2, 0) is 7.05 Å². The third-order valence-corrected chi connectivity index (χ3v) is 5.44. The average Bonchev–Trinajstić information content (AvgIpc) is 3.35. The molecule has 0 spiro atoms. The van der Waals surface area contributed by atoms with Gasteiger partial charge in [0.05, 0.1) is 13.2 Å². The first-order valence-corrected chi connectivity index (χ1v) is 10.1. The molecule has 5 rings (SSSR count). The molecule has 0 N–H and O–H groups in total. The van der Waals surface area contributed by atoms with Crippen LogP contribution in [0.2, 0.25) is 0 Å². The summed E-state index contributed by atoms with van der Waals surface area (Å²) in [6.45, 7) is 2.18. The highest BCUT2D eigenvalue weighted by Gasteiger charge is 2.31. The molecular weight excluding hydrogens is 368 g/mol. The van der Waals surface area contributed by atoms with E-state index < -0.39 is 0 Å². The molecular formula is C26H23N4+. The maximum atomic E-state index is 4.44. The molecule has 0 atom stereocenters. The minimum atomic E-state index is 1.03. The third kappa shape index (κ3) is 2.94. The zero-order chi connectivity index (χ0) is 20.5. The second kappa shape index (κ2) is 7.48. The predicted molar refractivity (Wildman–Crippen MR) is 120 cm³/mol. The van der Waals surface area contributed by atoms with Crippen molar-refractivity contribution in [2.45, 2.75) is 6.92 Å². The van der Waals surface area contributed by atoms with Gasteiger partial charge in [-0.3, -0.25) is 0 Å². The smallest absolute Gasteiger partial charge is 0.222 e. The Bertz CT molecular complexity index is 1280. The number of aromatic nitrogens is 4. The normalized spacial score (nSPS) is 11.0. The van der Waals surface area contributed by atoms with Gasteiger partial charge in [-0.2, -0.15) is 9.25 Å². The molecule has 0 saturated carbocycles. The highest BCUT2D eigenvalue weighted by molar-refractivity contribution is 5.70. The van der Waals surface area contributed by atoms with Crippen molar-refractivity contribution in [3.63, 3.8) is 0 Å². The van der Waals surface area contributed by atoms with E-state index in [1.807, 2.05) is 17.9 Å². The lowest BCUT2D eigenvalue weighted by Gasteiger charge is -2.09. The molecule has 0 aliphatic rings. The molecule has 2 heterocycles. The molecule has 0 amide bonds. The Morgan fingerprint density at radius 3 is 1.83 bits per heavy atom. The Morgan fingerprint density at radius 2 is 1.27 bits per heavy atom. The summed E-state index contributed by atoms with van der Waals surface area (Å²) in [4.78, 5) is 0. The highest BCUT2D eigenvalue weighted by Crippen LogP contribution is 2.33. The monoisotopic (exact) mass is 391 g/mol. The largest absolute Gasteiger partial charge is 0.253 e. The Kier molecular flexibility index (Phi) is 4.52. The van der Waals surface area contributed by atoms with Crippen molar-refractivity contribution < 1.29 is 4.57 Å². The fourth-order valence-corrected chi connectivity index (χ4v) is 4.11. The summed E-state index contributed by atoms with van der Waals surface area (Å²) in [5.41, 5.74) is 5.78. The van der Waals surface area contributed by atoms with E-state index >= 15 is 0 Å².